The minimum atomic E-state index is -0.620. The maximum atomic E-state index is 11.5. The third kappa shape index (κ3) is 1.52. The molecule has 0 bridgehead atoms. The number of carbonyl (C=O) groups excluding carboxylic acids is 1. The van der Waals surface area contributed by atoms with E-state index in [1.807, 2.05) is 6.92 Å². The SMILES string of the molecule is CCCC=C1OC(=O)c2c1ccc(O)c2O. The first-order valence-electron chi connectivity index (χ1n) is 5.12. The van der Waals surface area contributed by atoms with Gasteiger partial charge in [0.15, 0.2) is 11.5 Å². The molecule has 1 aliphatic heterocycles. The van der Waals surface area contributed by atoms with Crippen LogP contribution in [0.1, 0.15) is 35.7 Å². The number of hydrogen-bond acceptors (Lipinski definition) is 4. The molecule has 0 atom stereocenters. The zero-order valence-corrected chi connectivity index (χ0v) is 8.86. The lowest BCUT2D eigenvalue weighted by molar-refractivity contribution is 0.0712. The number of cyclic esters (lactones) is 1. The number of ether oxygens (including phenoxy) is 1. The molecule has 0 spiro atoms. The fraction of sp³-hybridized carbons (Fsp3) is 0.250. The van der Waals surface area contributed by atoms with E-state index in [4.69, 9.17) is 4.74 Å². The van der Waals surface area contributed by atoms with Crippen LogP contribution in [-0.2, 0) is 4.74 Å². The Bertz CT molecular complexity index is 474. The summed E-state index contributed by atoms with van der Waals surface area (Å²) in [5.41, 5.74) is 0.580. The minimum Gasteiger partial charge on any atom is -0.504 e. The summed E-state index contributed by atoms with van der Waals surface area (Å²) >= 11 is 0. The van der Waals surface area contributed by atoms with Crippen molar-refractivity contribution in [3.8, 4) is 11.5 Å². The van der Waals surface area contributed by atoms with Crippen molar-refractivity contribution in [1.82, 2.24) is 0 Å². The summed E-state index contributed by atoms with van der Waals surface area (Å²) in [4.78, 5) is 11.5. The van der Waals surface area contributed by atoms with E-state index in [0.29, 0.717) is 11.3 Å². The molecule has 1 heterocycles. The lowest BCUT2D eigenvalue weighted by atomic mass is 10.1. The van der Waals surface area contributed by atoms with Gasteiger partial charge in [0.25, 0.3) is 0 Å². The van der Waals surface area contributed by atoms with Crippen LogP contribution < -0.4 is 0 Å². The molecule has 0 fully saturated rings. The summed E-state index contributed by atoms with van der Waals surface area (Å²) in [6.07, 6.45) is 3.55. The standard InChI is InChI=1S/C12H12O4/c1-2-3-4-9-7-5-6-8(13)11(14)10(7)12(15)16-9/h4-6,13-14H,2-3H2,1H3. The molecule has 0 saturated heterocycles. The van der Waals surface area contributed by atoms with E-state index >= 15 is 0 Å². The Kier molecular flexibility index (Phi) is 2.56. The fourth-order valence-corrected chi connectivity index (χ4v) is 1.63. The number of rotatable bonds is 2. The second kappa shape index (κ2) is 3.89. The summed E-state index contributed by atoms with van der Waals surface area (Å²) < 4.78 is 5.02. The quantitative estimate of drug-likeness (QED) is 0.593. The van der Waals surface area contributed by atoms with Crippen molar-refractivity contribution in [1.29, 1.82) is 0 Å². The second-order valence-corrected chi connectivity index (χ2v) is 3.60. The van der Waals surface area contributed by atoms with Crippen LogP contribution in [-0.4, -0.2) is 16.2 Å². The van der Waals surface area contributed by atoms with Crippen molar-refractivity contribution >= 4 is 11.7 Å². The van der Waals surface area contributed by atoms with Gasteiger partial charge in [-0.2, -0.15) is 0 Å². The van der Waals surface area contributed by atoms with Gasteiger partial charge in [-0.05, 0) is 24.6 Å². The largest absolute Gasteiger partial charge is 0.504 e. The Labute approximate surface area is 92.8 Å². The predicted octanol–water partition coefficient (Wildman–Crippen LogP) is 2.41. The van der Waals surface area contributed by atoms with Crippen LogP contribution in [0, 0.1) is 0 Å². The summed E-state index contributed by atoms with van der Waals surface area (Å²) in [6.45, 7) is 2.02. The molecular formula is C12H12O4. The maximum Gasteiger partial charge on any atom is 0.348 e. The Balaban J connectivity index is 2.52. The number of carbonyl (C=O) groups is 1. The van der Waals surface area contributed by atoms with Crippen LogP contribution >= 0.6 is 0 Å². The van der Waals surface area contributed by atoms with E-state index in [1.165, 1.54) is 6.07 Å². The molecule has 1 aliphatic rings. The van der Waals surface area contributed by atoms with E-state index in [9.17, 15) is 15.0 Å². The van der Waals surface area contributed by atoms with Crippen LogP contribution in [0.3, 0.4) is 0 Å². The summed E-state index contributed by atoms with van der Waals surface area (Å²) in [5, 5.41) is 18.8. The zero-order chi connectivity index (χ0) is 11.7. The van der Waals surface area contributed by atoms with Crippen molar-refractivity contribution in [3.05, 3.63) is 29.3 Å². The Morgan fingerprint density at radius 2 is 2.12 bits per heavy atom. The molecule has 0 aliphatic carbocycles. The highest BCUT2D eigenvalue weighted by Crippen LogP contribution is 2.40. The number of unbranched alkanes of at least 4 members (excludes halogenated alkanes) is 1. The first-order chi connectivity index (χ1) is 7.65. The van der Waals surface area contributed by atoms with Crippen molar-refractivity contribution in [2.24, 2.45) is 0 Å². The molecule has 0 aromatic heterocycles. The normalized spacial score (nSPS) is 16.3. The van der Waals surface area contributed by atoms with Crippen molar-refractivity contribution in [2.45, 2.75) is 19.8 Å². The number of benzene rings is 1. The van der Waals surface area contributed by atoms with Crippen molar-refractivity contribution in [3.63, 3.8) is 0 Å². The van der Waals surface area contributed by atoms with E-state index in [0.717, 1.165) is 12.8 Å². The molecule has 1 aromatic carbocycles. The number of allylic oxidation sites excluding steroid dienone is 1. The number of fused-ring (bicyclic) bond motifs is 1. The van der Waals surface area contributed by atoms with Gasteiger partial charge >= 0.3 is 5.97 Å². The molecule has 0 saturated carbocycles. The lowest BCUT2D eigenvalue weighted by Gasteiger charge is -2.00. The van der Waals surface area contributed by atoms with E-state index < -0.39 is 11.7 Å². The van der Waals surface area contributed by atoms with Gasteiger partial charge in [0.05, 0.1) is 0 Å². The van der Waals surface area contributed by atoms with Gasteiger partial charge in [0, 0.05) is 5.56 Å². The summed E-state index contributed by atoms with van der Waals surface area (Å²) in [5.74, 6) is -0.891. The van der Waals surface area contributed by atoms with E-state index in [1.54, 1.807) is 12.1 Å². The Morgan fingerprint density at radius 1 is 1.38 bits per heavy atom. The van der Waals surface area contributed by atoms with E-state index in [2.05, 4.69) is 0 Å². The highest BCUT2D eigenvalue weighted by atomic mass is 16.5. The molecule has 2 rings (SSSR count). The van der Waals surface area contributed by atoms with Gasteiger partial charge < -0.3 is 14.9 Å². The van der Waals surface area contributed by atoms with Gasteiger partial charge in [0.1, 0.15) is 11.3 Å². The topological polar surface area (TPSA) is 66.8 Å². The van der Waals surface area contributed by atoms with Gasteiger partial charge in [0.2, 0.25) is 0 Å². The smallest absolute Gasteiger partial charge is 0.348 e. The molecular weight excluding hydrogens is 208 g/mol. The molecule has 4 nitrogen and oxygen atoms in total. The van der Waals surface area contributed by atoms with Gasteiger partial charge in [-0.3, -0.25) is 0 Å². The zero-order valence-electron chi connectivity index (χ0n) is 8.86. The summed E-state index contributed by atoms with van der Waals surface area (Å²) in [6, 6.07) is 2.91. The molecule has 4 heteroatoms. The highest BCUT2D eigenvalue weighted by molar-refractivity contribution is 6.05. The van der Waals surface area contributed by atoms with E-state index in [-0.39, 0.29) is 11.3 Å². The van der Waals surface area contributed by atoms with Crippen LogP contribution in [0.15, 0.2) is 18.2 Å². The number of esters is 1. The lowest BCUT2D eigenvalue weighted by Crippen LogP contribution is -1.94. The highest BCUT2D eigenvalue weighted by Gasteiger charge is 2.30. The molecule has 0 unspecified atom stereocenters. The summed E-state index contributed by atoms with van der Waals surface area (Å²) in [7, 11) is 0. The van der Waals surface area contributed by atoms with Crippen molar-refractivity contribution in [2.75, 3.05) is 0 Å². The third-order valence-corrected chi connectivity index (χ3v) is 2.45. The molecule has 0 amide bonds. The monoisotopic (exact) mass is 220 g/mol. The molecule has 0 radical (unpaired) electrons. The van der Waals surface area contributed by atoms with Gasteiger partial charge in [-0.25, -0.2) is 4.79 Å². The maximum absolute atomic E-state index is 11.5. The number of phenolic OH excluding ortho intramolecular Hbond substituents is 2. The molecule has 16 heavy (non-hydrogen) atoms. The second-order valence-electron chi connectivity index (χ2n) is 3.60. The predicted molar refractivity (Wildman–Crippen MR) is 58.1 cm³/mol. The van der Waals surface area contributed by atoms with Crippen LogP contribution in [0.2, 0.25) is 0 Å². The molecule has 1 aromatic rings. The number of phenols is 2. The Morgan fingerprint density at radius 3 is 2.81 bits per heavy atom. The van der Waals surface area contributed by atoms with Crippen molar-refractivity contribution < 1.29 is 19.7 Å². The minimum absolute atomic E-state index is 0.0438. The average Bonchev–Trinajstić information content (AvgIpc) is 2.58. The molecule has 84 valence electrons. The van der Waals surface area contributed by atoms with Crippen LogP contribution in [0.4, 0.5) is 0 Å². The number of aromatic hydroxyl groups is 2. The molecule has 2 N–H and O–H groups in total. The fourth-order valence-electron chi connectivity index (χ4n) is 1.63. The number of hydrogen-bond donors (Lipinski definition) is 2. The van der Waals surface area contributed by atoms with Crippen LogP contribution in [0.25, 0.3) is 5.76 Å². The van der Waals surface area contributed by atoms with Crippen LogP contribution in [0.5, 0.6) is 11.5 Å². The Hall–Kier alpha value is -1.97. The first-order valence-corrected chi connectivity index (χ1v) is 5.12. The average molecular weight is 220 g/mol. The first kappa shape index (κ1) is 10.5. The van der Waals surface area contributed by atoms with Gasteiger partial charge in [-0.15, -0.1) is 0 Å². The van der Waals surface area contributed by atoms with Gasteiger partial charge in [-0.1, -0.05) is 13.3 Å². The third-order valence-electron chi connectivity index (χ3n) is 2.45.